The lowest BCUT2D eigenvalue weighted by Gasteiger charge is -2.42. The molecular formula is C20H27FN2O3. The molecule has 3 rings (SSSR count). The fourth-order valence-corrected chi connectivity index (χ4v) is 3.63. The molecule has 0 aromatic heterocycles. The summed E-state index contributed by atoms with van der Waals surface area (Å²) in [7, 11) is 0. The van der Waals surface area contributed by atoms with Crippen molar-refractivity contribution in [3.05, 3.63) is 35.6 Å². The van der Waals surface area contributed by atoms with Gasteiger partial charge in [0, 0.05) is 25.0 Å². The van der Waals surface area contributed by atoms with E-state index >= 15 is 0 Å². The SMILES string of the molecule is CC(CC(=O)NC1CC(N(CC(=O)O)CC2CC2)C1)c1ccc(F)cc1. The summed E-state index contributed by atoms with van der Waals surface area (Å²) in [5.74, 6) is -0.379. The summed E-state index contributed by atoms with van der Waals surface area (Å²) in [6, 6.07) is 6.65. The van der Waals surface area contributed by atoms with Crippen LogP contribution in [0.15, 0.2) is 24.3 Å². The lowest BCUT2D eigenvalue weighted by Crippen LogP contribution is -2.55. The number of carboxylic acid groups (broad SMARTS) is 1. The highest BCUT2D eigenvalue weighted by atomic mass is 19.1. The van der Waals surface area contributed by atoms with E-state index in [-0.39, 0.29) is 36.3 Å². The molecule has 0 heterocycles. The largest absolute Gasteiger partial charge is 0.480 e. The number of rotatable bonds is 9. The summed E-state index contributed by atoms with van der Waals surface area (Å²) < 4.78 is 13.0. The highest BCUT2D eigenvalue weighted by molar-refractivity contribution is 5.77. The fourth-order valence-electron chi connectivity index (χ4n) is 3.63. The van der Waals surface area contributed by atoms with Crippen LogP contribution in [0.3, 0.4) is 0 Å². The van der Waals surface area contributed by atoms with Gasteiger partial charge in [-0.25, -0.2) is 4.39 Å². The van der Waals surface area contributed by atoms with Crippen molar-refractivity contribution < 1.29 is 19.1 Å². The van der Waals surface area contributed by atoms with Gasteiger partial charge in [0.1, 0.15) is 5.82 Å². The van der Waals surface area contributed by atoms with E-state index in [4.69, 9.17) is 5.11 Å². The molecule has 1 amide bonds. The minimum atomic E-state index is -0.786. The summed E-state index contributed by atoms with van der Waals surface area (Å²) in [6.45, 7) is 2.91. The smallest absolute Gasteiger partial charge is 0.317 e. The Morgan fingerprint density at radius 1 is 1.27 bits per heavy atom. The maximum absolute atomic E-state index is 13.0. The van der Waals surface area contributed by atoms with E-state index in [0.29, 0.717) is 12.3 Å². The first-order chi connectivity index (χ1) is 12.4. The molecule has 26 heavy (non-hydrogen) atoms. The lowest BCUT2D eigenvalue weighted by atomic mass is 9.84. The summed E-state index contributed by atoms with van der Waals surface area (Å²) in [5, 5.41) is 12.1. The van der Waals surface area contributed by atoms with Gasteiger partial charge < -0.3 is 10.4 Å². The maximum Gasteiger partial charge on any atom is 0.317 e. The van der Waals surface area contributed by atoms with Crippen molar-refractivity contribution in [2.75, 3.05) is 13.1 Å². The number of carbonyl (C=O) groups excluding carboxylic acids is 1. The van der Waals surface area contributed by atoms with E-state index in [1.54, 1.807) is 12.1 Å². The van der Waals surface area contributed by atoms with Crippen LogP contribution in [0.2, 0.25) is 0 Å². The van der Waals surface area contributed by atoms with Crippen molar-refractivity contribution in [2.45, 2.75) is 57.0 Å². The Bertz CT molecular complexity index is 639. The van der Waals surface area contributed by atoms with Crippen LogP contribution in [-0.2, 0) is 9.59 Å². The maximum atomic E-state index is 13.0. The summed E-state index contributed by atoms with van der Waals surface area (Å²) in [6.07, 6.45) is 4.40. The topological polar surface area (TPSA) is 69.6 Å². The molecule has 5 nitrogen and oxygen atoms in total. The number of aliphatic carboxylic acids is 1. The van der Waals surface area contributed by atoms with Gasteiger partial charge in [-0.1, -0.05) is 19.1 Å². The van der Waals surface area contributed by atoms with Crippen molar-refractivity contribution in [3.63, 3.8) is 0 Å². The van der Waals surface area contributed by atoms with E-state index in [1.165, 1.54) is 25.0 Å². The Kier molecular flexibility index (Phi) is 5.91. The quantitative estimate of drug-likeness (QED) is 0.709. The minimum Gasteiger partial charge on any atom is -0.480 e. The van der Waals surface area contributed by atoms with Gasteiger partial charge in [0.25, 0.3) is 0 Å². The first kappa shape index (κ1) is 18.8. The van der Waals surface area contributed by atoms with Crippen molar-refractivity contribution in [1.82, 2.24) is 10.2 Å². The molecule has 0 aliphatic heterocycles. The molecular weight excluding hydrogens is 335 g/mol. The molecule has 1 aromatic rings. The lowest BCUT2D eigenvalue weighted by molar-refractivity contribution is -0.140. The monoisotopic (exact) mass is 362 g/mol. The number of hydrogen-bond donors (Lipinski definition) is 2. The third-order valence-corrected chi connectivity index (χ3v) is 5.45. The molecule has 0 radical (unpaired) electrons. The van der Waals surface area contributed by atoms with E-state index in [9.17, 15) is 14.0 Å². The van der Waals surface area contributed by atoms with Gasteiger partial charge in [-0.3, -0.25) is 14.5 Å². The van der Waals surface area contributed by atoms with E-state index in [1.807, 2.05) is 6.92 Å². The number of hydrogen-bond acceptors (Lipinski definition) is 3. The van der Waals surface area contributed by atoms with Gasteiger partial charge in [-0.15, -0.1) is 0 Å². The third kappa shape index (κ3) is 5.27. The summed E-state index contributed by atoms with van der Waals surface area (Å²) >= 11 is 0. The number of nitrogens with zero attached hydrogens (tertiary/aromatic N) is 1. The summed E-state index contributed by atoms with van der Waals surface area (Å²) in [4.78, 5) is 25.4. The molecule has 0 saturated heterocycles. The molecule has 1 aromatic carbocycles. The van der Waals surface area contributed by atoms with Crippen LogP contribution in [0.25, 0.3) is 0 Å². The van der Waals surface area contributed by atoms with E-state index in [2.05, 4.69) is 10.2 Å². The average Bonchev–Trinajstić information content (AvgIpc) is 3.34. The number of amides is 1. The fraction of sp³-hybridized carbons (Fsp3) is 0.600. The minimum absolute atomic E-state index is 0.00254. The first-order valence-corrected chi connectivity index (χ1v) is 9.41. The molecule has 142 valence electrons. The van der Waals surface area contributed by atoms with Crippen molar-refractivity contribution in [2.24, 2.45) is 5.92 Å². The molecule has 2 saturated carbocycles. The number of carboxylic acids is 1. The Balaban J connectivity index is 1.41. The summed E-state index contributed by atoms with van der Waals surface area (Å²) in [5.41, 5.74) is 0.949. The second-order valence-corrected chi connectivity index (χ2v) is 7.81. The number of halogens is 1. The molecule has 2 aliphatic carbocycles. The Hall–Kier alpha value is -1.95. The van der Waals surface area contributed by atoms with Gasteiger partial charge in [-0.2, -0.15) is 0 Å². The van der Waals surface area contributed by atoms with Crippen LogP contribution in [-0.4, -0.2) is 47.1 Å². The first-order valence-electron chi connectivity index (χ1n) is 9.41. The van der Waals surface area contributed by atoms with Crippen LogP contribution in [0.5, 0.6) is 0 Å². The van der Waals surface area contributed by atoms with Crippen LogP contribution >= 0.6 is 0 Å². The molecule has 2 fully saturated rings. The molecule has 2 N–H and O–H groups in total. The number of benzene rings is 1. The van der Waals surface area contributed by atoms with Gasteiger partial charge in [0.15, 0.2) is 0 Å². The van der Waals surface area contributed by atoms with Crippen LogP contribution in [0.4, 0.5) is 4.39 Å². The molecule has 0 spiro atoms. The second kappa shape index (κ2) is 8.16. The van der Waals surface area contributed by atoms with Gasteiger partial charge >= 0.3 is 5.97 Å². The standard InChI is InChI=1S/C20H27FN2O3/c1-13(15-4-6-16(21)7-5-15)8-19(24)22-17-9-18(10-17)23(12-20(25)26)11-14-2-3-14/h4-7,13-14,17-18H,2-3,8-12H2,1H3,(H,22,24)(H,25,26). The Morgan fingerprint density at radius 2 is 1.92 bits per heavy atom. The molecule has 6 heteroatoms. The number of nitrogens with one attached hydrogen (secondary N) is 1. The predicted octanol–water partition coefficient (Wildman–Crippen LogP) is 2.76. The van der Waals surface area contributed by atoms with Gasteiger partial charge in [0.2, 0.25) is 5.91 Å². The number of carbonyl (C=O) groups is 2. The zero-order valence-electron chi connectivity index (χ0n) is 15.2. The van der Waals surface area contributed by atoms with Crippen molar-refractivity contribution in [1.29, 1.82) is 0 Å². The van der Waals surface area contributed by atoms with E-state index in [0.717, 1.165) is 24.9 Å². The molecule has 1 unspecified atom stereocenters. The van der Waals surface area contributed by atoms with Crippen molar-refractivity contribution in [3.8, 4) is 0 Å². The van der Waals surface area contributed by atoms with Crippen LogP contribution < -0.4 is 5.32 Å². The van der Waals surface area contributed by atoms with E-state index < -0.39 is 5.97 Å². The normalized spacial score (nSPS) is 23.3. The predicted molar refractivity (Wildman–Crippen MR) is 96.3 cm³/mol. The van der Waals surface area contributed by atoms with Gasteiger partial charge in [0.05, 0.1) is 6.54 Å². The average molecular weight is 362 g/mol. The molecule has 2 aliphatic rings. The zero-order valence-corrected chi connectivity index (χ0v) is 15.2. The van der Waals surface area contributed by atoms with Crippen molar-refractivity contribution >= 4 is 11.9 Å². The zero-order chi connectivity index (χ0) is 18.7. The Morgan fingerprint density at radius 3 is 2.50 bits per heavy atom. The highest BCUT2D eigenvalue weighted by Crippen LogP contribution is 2.34. The molecule has 1 atom stereocenters. The second-order valence-electron chi connectivity index (χ2n) is 7.81. The Labute approximate surface area is 153 Å². The third-order valence-electron chi connectivity index (χ3n) is 5.45. The highest BCUT2D eigenvalue weighted by Gasteiger charge is 2.37. The molecule has 0 bridgehead atoms. The van der Waals surface area contributed by atoms with Gasteiger partial charge in [-0.05, 0) is 55.2 Å². The van der Waals surface area contributed by atoms with Crippen LogP contribution in [0, 0.1) is 11.7 Å². The van der Waals surface area contributed by atoms with Crippen LogP contribution in [0.1, 0.15) is 50.5 Å².